The fourth-order valence-corrected chi connectivity index (χ4v) is 7.95. The number of hydrogen-bond donors (Lipinski definition) is 0. The van der Waals surface area contributed by atoms with E-state index in [0.29, 0.717) is 0 Å². The molecule has 0 radical (unpaired) electrons. The van der Waals surface area contributed by atoms with Crippen LogP contribution in [-0.4, -0.2) is 0 Å². The smallest absolute Gasteiger partial charge is 0.159 e. The summed E-state index contributed by atoms with van der Waals surface area (Å²) in [5, 5.41) is 9.40. The molecule has 0 N–H and O–H groups in total. The Morgan fingerprint density at radius 1 is 0.432 bits per heavy atom. The molecule has 3 heterocycles. The molecule has 10 aromatic rings. The van der Waals surface area contributed by atoms with E-state index in [1.54, 1.807) is 0 Å². The van der Waals surface area contributed by atoms with E-state index in [2.05, 4.69) is 132 Å². The van der Waals surface area contributed by atoms with Crippen LogP contribution in [0.25, 0.3) is 74.8 Å². The molecule has 0 fully saturated rings. The number of nitrogens with zero attached hydrogens (tertiary/aromatic N) is 1. The molecule has 0 aliphatic rings. The lowest BCUT2D eigenvalue weighted by molar-refractivity contribution is 0.667. The Kier molecular flexibility index (Phi) is 4.87. The lowest BCUT2D eigenvalue weighted by Gasteiger charge is -2.25. The van der Waals surface area contributed by atoms with Gasteiger partial charge in [-0.3, -0.25) is 0 Å². The Morgan fingerprint density at radius 3 is 2.11 bits per heavy atom. The normalized spacial score (nSPS) is 12.1. The first-order valence-electron chi connectivity index (χ1n) is 14.8. The highest BCUT2D eigenvalue weighted by molar-refractivity contribution is 7.25. The zero-order valence-corrected chi connectivity index (χ0v) is 24.3. The lowest BCUT2D eigenvalue weighted by atomic mass is 10.0. The predicted octanol–water partition coefficient (Wildman–Crippen LogP) is 12.5. The van der Waals surface area contributed by atoms with Gasteiger partial charge in [-0.25, -0.2) is 0 Å². The average molecular weight is 582 g/mol. The van der Waals surface area contributed by atoms with Gasteiger partial charge in [-0.1, -0.05) is 78.9 Å². The van der Waals surface area contributed by atoms with E-state index >= 15 is 0 Å². The highest BCUT2D eigenvalue weighted by Gasteiger charge is 2.22. The number of para-hydroxylation sites is 2. The Morgan fingerprint density at radius 2 is 1.16 bits per heavy atom. The zero-order chi connectivity index (χ0) is 28.8. The van der Waals surface area contributed by atoms with Gasteiger partial charge >= 0.3 is 0 Å². The Bertz CT molecular complexity index is 2750. The van der Waals surface area contributed by atoms with Gasteiger partial charge in [0, 0.05) is 53.5 Å². The SMILES string of the molecule is c1ccc2c(c1)ccc1oc3c(N(c4ccc5c(c4)oc4ccccc45)c4ccc5sc6ccccc6c5c4)cccc3c12. The van der Waals surface area contributed by atoms with Crippen LogP contribution in [0.1, 0.15) is 0 Å². The van der Waals surface area contributed by atoms with Crippen LogP contribution in [-0.2, 0) is 0 Å². The number of rotatable bonds is 3. The molecule has 3 aromatic heterocycles. The van der Waals surface area contributed by atoms with Crippen molar-refractivity contribution in [3.63, 3.8) is 0 Å². The summed E-state index contributed by atoms with van der Waals surface area (Å²) in [5.41, 5.74) is 6.55. The highest BCUT2D eigenvalue weighted by atomic mass is 32.1. The summed E-state index contributed by atoms with van der Waals surface area (Å²) in [6, 6.07) is 49.4. The van der Waals surface area contributed by atoms with Crippen molar-refractivity contribution in [1.82, 2.24) is 0 Å². The number of benzene rings is 7. The molecule has 3 nitrogen and oxygen atoms in total. The average Bonchev–Trinajstić information content (AvgIpc) is 3.76. The van der Waals surface area contributed by atoms with Gasteiger partial charge in [0.1, 0.15) is 16.7 Å². The summed E-state index contributed by atoms with van der Waals surface area (Å²) < 4.78 is 15.7. The van der Waals surface area contributed by atoms with Gasteiger partial charge < -0.3 is 13.7 Å². The van der Waals surface area contributed by atoms with Gasteiger partial charge in [0.15, 0.2) is 5.58 Å². The van der Waals surface area contributed by atoms with Crippen molar-refractivity contribution in [2.24, 2.45) is 0 Å². The highest BCUT2D eigenvalue weighted by Crippen LogP contribution is 2.46. The minimum Gasteiger partial charge on any atom is -0.456 e. The molecule has 0 saturated heterocycles. The molecule has 0 atom stereocenters. The van der Waals surface area contributed by atoms with Crippen molar-refractivity contribution in [3.8, 4) is 0 Å². The summed E-state index contributed by atoms with van der Waals surface area (Å²) in [4.78, 5) is 2.31. The summed E-state index contributed by atoms with van der Waals surface area (Å²) in [5.74, 6) is 0. The first-order chi connectivity index (χ1) is 21.8. The number of thiophene rings is 1. The first kappa shape index (κ1) is 23.9. The maximum Gasteiger partial charge on any atom is 0.159 e. The van der Waals surface area contributed by atoms with Crippen molar-refractivity contribution in [2.75, 3.05) is 4.90 Å². The minimum atomic E-state index is 0.860. The third kappa shape index (κ3) is 3.37. The molecule has 0 spiro atoms. The molecular weight excluding hydrogens is 559 g/mol. The van der Waals surface area contributed by atoms with Gasteiger partial charge in [0.05, 0.1) is 11.4 Å². The quantitative estimate of drug-likeness (QED) is 0.208. The van der Waals surface area contributed by atoms with Crippen molar-refractivity contribution in [2.45, 2.75) is 0 Å². The Hall–Kier alpha value is -5.58. The molecule has 0 aliphatic heterocycles. The molecule has 0 saturated carbocycles. The van der Waals surface area contributed by atoms with Crippen LogP contribution < -0.4 is 4.90 Å². The second-order valence-corrected chi connectivity index (χ2v) is 12.4. The van der Waals surface area contributed by atoms with Crippen LogP contribution >= 0.6 is 11.3 Å². The third-order valence-corrected chi connectivity index (χ3v) is 10.00. The van der Waals surface area contributed by atoms with Gasteiger partial charge in [-0.15, -0.1) is 11.3 Å². The minimum absolute atomic E-state index is 0.860. The second-order valence-electron chi connectivity index (χ2n) is 11.3. The molecule has 0 bridgehead atoms. The summed E-state index contributed by atoms with van der Waals surface area (Å²) in [7, 11) is 0. The van der Waals surface area contributed by atoms with E-state index in [1.807, 2.05) is 23.5 Å². The van der Waals surface area contributed by atoms with Gasteiger partial charge in [0.2, 0.25) is 0 Å². The molecule has 0 unspecified atom stereocenters. The molecule has 0 amide bonds. The maximum atomic E-state index is 6.73. The largest absolute Gasteiger partial charge is 0.456 e. The first-order valence-corrected chi connectivity index (χ1v) is 15.6. The fraction of sp³-hybridized carbons (Fsp3) is 0. The molecule has 7 aromatic carbocycles. The molecule has 4 heteroatoms. The number of hydrogen-bond acceptors (Lipinski definition) is 4. The second kappa shape index (κ2) is 8.96. The number of fused-ring (bicyclic) bond motifs is 11. The lowest BCUT2D eigenvalue weighted by Crippen LogP contribution is -2.10. The van der Waals surface area contributed by atoms with Crippen molar-refractivity contribution in [3.05, 3.63) is 140 Å². The molecule has 0 aliphatic carbocycles. The molecule has 10 rings (SSSR count). The van der Waals surface area contributed by atoms with E-state index < -0.39 is 0 Å². The standard InChI is InChI=1S/C40H23NO2S/c1-2-9-27-24(8-1)16-20-35-39(27)31-12-7-13-33(40(31)43-35)41(25-18-21-38-32(22-25)30-11-4-6-15-37(30)44-38)26-17-19-29-28-10-3-5-14-34(28)42-36(29)23-26/h1-23H. The topological polar surface area (TPSA) is 29.5 Å². The zero-order valence-electron chi connectivity index (χ0n) is 23.5. The van der Waals surface area contributed by atoms with Crippen LogP contribution in [0.4, 0.5) is 17.1 Å². The monoisotopic (exact) mass is 581 g/mol. The van der Waals surface area contributed by atoms with E-state index in [1.165, 1.54) is 30.9 Å². The van der Waals surface area contributed by atoms with Gasteiger partial charge in [-0.05, 0) is 65.4 Å². The number of anilines is 3. The Labute approximate surface area is 255 Å². The third-order valence-electron chi connectivity index (χ3n) is 8.85. The van der Waals surface area contributed by atoms with Crippen molar-refractivity contribution in [1.29, 1.82) is 0 Å². The van der Waals surface area contributed by atoms with E-state index in [-0.39, 0.29) is 0 Å². The summed E-state index contributed by atoms with van der Waals surface area (Å²) in [6.07, 6.45) is 0. The van der Waals surface area contributed by atoms with Gasteiger partial charge in [-0.2, -0.15) is 0 Å². The Balaban J connectivity index is 1.28. The van der Waals surface area contributed by atoms with E-state index in [9.17, 15) is 0 Å². The van der Waals surface area contributed by atoms with Crippen LogP contribution in [0.2, 0.25) is 0 Å². The summed E-state index contributed by atoms with van der Waals surface area (Å²) in [6.45, 7) is 0. The maximum absolute atomic E-state index is 6.73. The fourth-order valence-electron chi connectivity index (χ4n) is 6.86. The summed E-state index contributed by atoms with van der Waals surface area (Å²) >= 11 is 1.83. The van der Waals surface area contributed by atoms with Crippen LogP contribution in [0.5, 0.6) is 0 Å². The van der Waals surface area contributed by atoms with E-state index in [4.69, 9.17) is 8.83 Å². The van der Waals surface area contributed by atoms with Crippen LogP contribution in [0.15, 0.2) is 148 Å². The van der Waals surface area contributed by atoms with Crippen LogP contribution in [0.3, 0.4) is 0 Å². The molecule has 206 valence electrons. The molecular formula is C40H23NO2S. The number of furan rings is 2. The van der Waals surface area contributed by atoms with E-state index in [0.717, 1.165) is 60.9 Å². The predicted molar refractivity (Wildman–Crippen MR) is 186 cm³/mol. The van der Waals surface area contributed by atoms with Crippen molar-refractivity contribution >= 4 is 103 Å². The molecule has 44 heavy (non-hydrogen) atoms. The van der Waals surface area contributed by atoms with Gasteiger partial charge in [0.25, 0.3) is 0 Å². The van der Waals surface area contributed by atoms with Crippen molar-refractivity contribution < 1.29 is 8.83 Å². The van der Waals surface area contributed by atoms with Crippen LogP contribution in [0, 0.1) is 0 Å².